The van der Waals surface area contributed by atoms with E-state index in [1.807, 2.05) is 36.4 Å². The second-order valence-corrected chi connectivity index (χ2v) is 4.76. The number of aromatic hydroxyl groups is 1. The highest BCUT2D eigenvalue weighted by Crippen LogP contribution is 2.16. The fourth-order valence-corrected chi connectivity index (χ4v) is 2.08. The second kappa shape index (κ2) is 5.72. The van der Waals surface area contributed by atoms with Gasteiger partial charge in [-0.15, -0.1) is 0 Å². The van der Waals surface area contributed by atoms with Gasteiger partial charge in [0.05, 0.1) is 6.21 Å². The molecule has 0 atom stereocenters. The van der Waals surface area contributed by atoms with Crippen LogP contribution in [0, 0.1) is 4.77 Å². The highest BCUT2D eigenvalue weighted by Gasteiger charge is 2.06. The molecule has 0 aliphatic carbocycles. The number of aromatic nitrogens is 3. The van der Waals surface area contributed by atoms with E-state index in [0.29, 0.717) is 10.6 Å². The first-order valence-electron chi connectivity index (χ1n) is 6.30. The first kappa shape index (κ1) is 13.3. The Kier molecular flexibility index (Phi) is 3.61. The molecule has 0 amide bonds. The summed E-state index contributed by atoms with van der Waals surface area (Å²) in [7, 11) is 0. The van der Waals surface area contributed by atoms with Gasteiger partial charge in [0.15, 0.2) is 5.82 Å². The molecule has 21 heavy (non-hydrogen) atoms. The molecule has 1 aromatic heterocycles. The van der Waals surface area contributed by atoms with Gasteiger partial charge in [-0.05, 0) is 29.9 Å². The molecule has 2 N–H and O–H groups in total. The topological polar surface area (TPSA) is 66.2 Å². The molecule has 1 heterocycles. The normalized spacial score (nSPS) is 11.0. The molecule has 104 valence electrons. The van der Waals surface area contributed by atoms with Crippen LogP contribution >= 0.6 is 12.2 Å². The molecule has 3 rings (SSSR count). The molecule has 0 saturated carbocycles. The molecule has 0 saturated heterocycles. The summed E-state index contributed by atoms with van der Waals surface area (Å²) < 4.78 is 1.96. The Morgan fingerprint density at radius 2 is 1.95 bits per heavy atom. The number of benzene rings is 2. The van der Waals surface area contributed by atoms with Crippen molar-refractivity contribution in [2.24, 2.45) is 5.10 Å². The van der Waals surface area contributed by atoms with Crippen LogP contribution in [0.4, 0.5) is 0 Å². The van der Waals surface area contributed by atoms with Crippen molar-refractivity contribution in [1.82, 2.24) is 14.9 Å². The molecule has 0 fully saturated rings. The van der Waals surface area contributed by atoms with Crippen LogP contribution in [-0.4, -0.2) is 26.2 Å². The Morgan fingerprint density at radius 1 is 1.14 bits per heavy atom. The Bertz CT molecular complexity index is 836. The molecule has 0 aliphatic rings. The van der Waals surface area contributed by atoms with Crippen LogP contribution in [0.5, 0.6) is 5.75 Å². The van der Waals surface area contributed by atoms with Gasteiger partial charge in [0.2, 0.25) is 4.77 Å². The minimum Gasteiger partial charge on any atom is -0.508 e. The van der Waals surface area contributed by atoms with Gasteiger partial charge in [0.25, 0.3) is 0 Å². The molecular weight excluding hydrogens is 284 g/mol. The average Bonchev–Trinajstić information content (AvgIpc) is 2.87. The molecule has 0 unspecified atom stereocenters. The minimum absolute atomic E-state index is 0.193. The molecule has 6 heteroatoms. The lowest BCUT2D eigenvalue weighted by Gasteiger charge is -2.00. The third-order valence-electron chi connectivity index (χ3n) is 2.87. The smallest absolute Gasteiger partial charge is 0.216 e. The number of phenols is 1. The Hall–Kier alpha value is -2.73. The summed E-state index contributed by atoms with van der Waals surface area (Å²) in [5.74, 6) is 0.829. The van der Waals surface area contributed by atoms with Gasteiger partial charge in [-0.3, -0.25) is 0 Å². The number of hydrogen-bond acceptors (Lipinski definition) is 4. The molecule has 0 aliphatic heterocycles. The summed E-state index contributed by atoms with van der Waals surface area (Å²) in [4.78, 5) is 0. The first-order chi connectivity index (χ1) is 10.2. The third-order valence-corrected chi connectivity index (χ3v) is 3.14. The minimum atomic E-state index is 0.193. The number of nitrogens with one attached hydrogen (secondary N) is 1. The molecule has 5 nitrogen and oxygen atoms in total. The standard InChI is InChI=1S/C15H12N4OS/c20-13-8-4-5-11(9-13)10-16-19-14(17-18-15(19)21)12-6-2-1-3-7-12/h1-10,20H,(H,18,21). The van der Waals surface area contributed by atoms with E-state index >= 15 is 0 Å². The molecule has 0 radical (unpaired) electrons. The van der Waals surface area contributed by atoms with E-state index in [0.717, 1.165) is 11.1 Å². The van der Waals surface area contributed by atoms with Gasteiger partial charge < -0.3 is 5.11 Å². The van der Waals surface area contributed by atoms with Gasteiger partial charge in [-0.1, -0.05) is 42.5 Å². The van der Waals surface area contributed by atoms with Crippen LogP contribution < -0.4 is 0 Å². The fraction of sp³-hybridized carbons (Fsp3) is 0. The molecule has 0 bridgehead atoms. The van der Waals surface area contributed by atoms with E-state index in [4.69, 9.17) is 12.2 Å². The number of aromatic amines is 1. The van der Waals surface area contributed by atoms with Crippen molar-refractivity contribution in [3.8, 4) is 17.1 Å². The summed E-state index contributed by atoms with van der Waals surface area (Å²) in [6.45, 7) is 0. The monoisotopic (exact) mass is 296 g/mol. The highest BCUT2D eigenvalue weighted by molar-refractivity contribution is 7.71. The Morgan fingerprint density at radius 3 is 2.71 bits per heavy atom. The average molecular weight is 296 g/mol. The lowest BCUT2D eigenvalue weighted by molar-refractivity contribution is 0.475. The third kappa shape index (κ3) is 2.90. The summed E-state index contributed by atoms with van der Waals surface area (Å²) in [5.41, 5.74) is 1.69. The zero-order chi connectivity index (χ0) is 14.7. The van der Waals surface area contributed by atoms with Crippen LogP contribution in [0.15, 0.2) is 59.7 Å². The van der Waals surface area contributed by atoms with E-state index in [9.17, 15) is 5.11 Å². The van der Waals surface area contributed by atoms with Crippen LogP contribution in [0.2, 0.25) is 0 Å². The van der Waals surface area contributed by atoms with Gasteiger partial charge in [-0.25, -0.2) is 5.10 Å². The van der Waals surface area contributed by atoms with Crippen LogP contribution in [0.1, 0.15) is 5.56 Å². The van der Waals surface area contributed by atoms with Gasteiger partial charge >= 0.3 is 0 Å². The van der Waals surface area contributed by atoms with E-state index in [2.05, 4.69) is 15.3 Å². The predicted octanol–water partition coefficient (Wildman–Crippen LogP) is 3.20. The van der Waals surface area contributed by atoms with Crippen LogP contribution in [0.3, 0.4) is 0 Å². The SMILES string of the molecule is Oc1cccc(C=Nn2c(-c3ccccc3)n[nH]c2=S)c1. The zero-order valence-electron chi connectivity index (χ0n) is 11.0. The van der Waals surface area contributed by atoms with Gasteiger partial charge in [0.1, 0.15) is 5.75 Å². The number of hydrogen-bond donors (Lipinski definition) is 2. The van der Waals surface area contributed by atoms with Gasteiger partial charge in [0, 0.05) is 5.56 Å². The lowest BCUT2D eigenvalue weighted by atomic mass is 10.2. The van der Waals surface area contributed by atoms with Crippen LogP contribution in [0.25, 0.3) is 11.4 Å². The lowest BCUT2D eigenvalue weighted by Crippen LogP contribution is -1.94. The van der Waals surface area contributed by atoms with E-state index < -0.39 is 0 Å². The largest absolute Gasteiger partial charge is 0.508 e. The van der Waals surface area contributed by atoms with Crippen molar-refractivity contribution in [1.29, 1.82) is 0 Å². The predicted molar refractivity (Wildman–Crippen MR) is 83.9 cm³/mol. The van der Waals surface area contributed by atoms with Crippen LogP contribution in [-0.2, 0) is 0 Å². The highest BCUT2D eigenvalue weighted by atomic mass is 32.1. The fourth-order valence-electron chi connectivity index (χ4n) is 1.90. The number of H-pyrrole nitrogens is 1. The molecule has 3 aromatic rings. The summed E-state index contributed by atoms with van der Waals surface area (Å²) in [6.07, 6.45) is 1.62. The number of rotatable bonds is 3. The van der Waals surface area contributed by atoms with Crippen molar-refractivity contribution in [2.75, 3.05) is 0 Å². The second-order valence-electron chi connectivity index (χ2n) is 4.37. The molecule has 0 spiro atoms. The zero-order valence-corrected chi connectivity index (χ0v) is 11.8. The van der Waals surface area contributed by atoms with Crippen molar-refractivity contribution in [3.63, 3.8) is 0 Å². The number of phenolic OH excluding ortho intramolecular Hbond substituents is 1. The Balaban J connectivity index is 2.00. The Labute approximate surface area is 126 Å². The maximum Gasteiger partial charge on any atom is 0.216 e. The summed E-state index contributed by atoms with van der Waals surface area (Å²) >= 11 is 5.20. The summed E-state index contributed by atoms with van der Waals surface area (Å²) in [5, 5.41) is 20.7. The number of nitrogens with zero attached hydrogens (tertiary/aromatic N) is 3. The summed E-state index contributed by atoms with van der Waals surface area (Å²) in [6, 6.07) is 16.5. The van der Waals surface area contributed by atoms with Crippen molar-refractivity contribution >= 4 is 18.4 Å². The molecular formula is C15H12N4OS. The molecule has 2 aromatic carbocycles. The van der Waals surface area contributed by atoms with E-state index in [-0.39, 0.29) is 5.75 Å². The first-order valence-corrected chi connectivity index (χ1v) is 6.71. The van der Waals surface area contributed by atoms with Crippen molar-refractivity contribution < 1.29 is 5.11 Å². The van der Waals surface area contributed by atoms with Crippen molar-refractivity contribution in [3.05, 3.63) is 64.9 Å². The maximum absolute atomic E-state index is 9.45. The maximum atomic E-state index is 9.45. The van der Waals surface area contributed by atoms with Gasteiger partial charge in [-0.2, -0.15) is 14.9 Å². The van der Waals surface area contributed by atoms with E-state index in [1.54, 1.807) is 29.1 Å². The van der Waals surface area contributed by atoms with E-state index in [1.165, 1.54) is 0 Å². The van der Waals surface area contributed by atoms with Crippen molar-refractivity contribution in [2.45, 2.75) is 0 Å². The quantitative estimate of drug-likeness (QED) is 0.576.